The van der Waals surface area contributed by atoms with Crippen LogP contribution in [0.25, 0.3) is 0 Å². The molecule has 8 N–H and O–H groups in total. The SMILES string of the molecule is N[C@H]1CC(=O)Nc2cccc(n2)NC(=O)[C@@H](N)CC(=O)Nc2cccc(n2)NC1=O. The zero-order chi connectivity index (χ0) is 21.7. The first-order valence-electron chi connectivity index (χ1n) is 8.97. The number of amides is 4. The summed E-state index contributed by atoms with van der Waals surface area (Å²) < 4.78 is 0. The molecule has 0 unspecified atom stereocenters. The maximum absolute atomic E-state index is 12.3. The van der Waals surface area contributed by atoms with Crippen LogP contribution in [-0.4, -0.2) is 45.7 Å². The maximum atomic E-state index is 12.3. The highest BCUT2D eigenvalue weighted by molar-refractivity contribution is 6.01. The van der Waals surface area contributed by atoms with Crippen molar-refractivity contribution in [3.8, 4) is 0 Å². The highest BCUT2D eigenvalue weighted by Gasteiger charge is 2.21. The van der Waals surface area contributed by atoms with E-state index in [1.165, 1.54) is 24.3 Å². The summed E-state index contributed by atoms with van der Waals surface area (Å²) in [6, 6.07) is 6.80. The summed E-state index contributed by atoms with van der Waals surface area (Å²) in [4.78, 5) is 57.0. The highest BCUT2D eigenvalue weighted by Crippen LogP contribution is 2.13. The first-order valence-corrected chi connectivity index (χ1v) is 8.97. The fourth-order valence-electron chi connectivity index (χ4n) is 2.56. The van der Waals surface area contributed by atoms with Gasteiger partial charge in [-0.3, -0.25) is 19.2 Å². The van der Waals surface area contributed by atoms with Gasteiger partial charge >= 0.3 is 0 Å². The van der Waals surface area contributed by atoms with Gasteiger partial charge in [0.25, 0.3) is 0 Å². The molecule has 0 aromatic carbocycles. The fourth-order valence-corrected chi connectivity index (χ4v) is 2.56. The van der Waals surface area contributed by atoms with Gasteiger partial charge in [0.2, 0.25) is 23.6 Å². The lowest BCUT2D eigenvalue weighted by Gasteiger charge is -2.15. The first kappa shape index (κ1) is 20.8. The number of carbonyl (C=O) groups is 4. The van der Waals surface area contributed by atoms with Crippen LogP contribution in [0, 0.1) is 0 Å². The Morgan fingerprint density at radius 1 is 0.633 bits per heavy atom. The minimum absolute atomic E-state index is 0.131. The minimum Gasteiger partial charge on any atom is -0.319 e. The molecule has 156 valence electrons. The molecule has 3 rings (SSSR count). The molecule has 0 radical (unpaired) electrons. The summed E-state index contributed by atoms with van der Waals surface area (Å²) in [5.41, 5.74) is 11.6. The number of nitrogens with one attached hydrogen (secondary N) is 4. The van der Waals surface area contributed by atoms with Gasteiger partial charge in [-0.05, 0) is 24.3 Å². The zero-order valence-corrected chi connectivity index (χ0v) is 15.7. The standard InChI is InChI=1S/C18H20N8O4/c19-9-8-16(28)24-12-4-2-6-14(22-12)26-18(30)10(20)7-15(27)23-11-3-1-5-13(21-11)25-17(9)29/h1-6,9-10H,7-8,19-20H2,(H2,21,23,25,27,29)(H2,22,24,26,28,30)/t9-,10-/m0/s1. The third-order valence-electron chi connectivity index (χ3n) is 4.02. The van der Waals surface area contributed by atoms with E-state index < -0.39 is 35.7 Å². The summed E-state index contributed by atoms with van der Waals surface area (Å²) in [6.07, 6.45) is -0.628. The molecule has 3 heterocycles. The molecule has 12 heteroatoms. The first-order chi connectivity index (χ1) is 14.3. The van der Waals surface area contributed by atoms with Crippen LogP contribution in [-0.2, 0) is 19.2 Å². The highest BCUT2D eigenvalue weighted by atomic mass is 16.2. The van der Waals surface area contributed by atoms with E-state index in [4.69, 9.17) is 11.5 Å². The molecule has 0 spiro atoms. The number of aromatic nitrogens is 2. The topological polar surface area (TPSA) is 194 Å². The van der Waals surface area contributed by atoms with Gasteiger partial charge < -0.3 is 32.7 Å². The fraction of sp³-hybridized carbons (Fsp3) is 0.222. The third kappa shape index (κ3) is 5.56. The predicted molar refractivity (Wildman–Crippen MR) is 108 cm³/mol. The van der Waals surface area contributed by atoms with Gasteiger partial charge in [0.1, 0.15) is 23.3 Å². The van der Waals surface area contributed by atoms with Crippen molar-refractivity contribution < 1.29 is 19.2 Å². The van der Waals surface area contributed by atoms with Gasteiger partial charge in [0.15, 0.2) is 0 Å². The molecule has 30 heavy (non-hydrogen) atoms. The molecule has 1 aliphatic heterocycles. The van der Waals surface area contributed by atoms with Crippen molar-refractivity contribution in [2.45, 2.75) is 24.9 Å². The summed E-state index contributed by atoms with van der Waals surface area (Å²) in [6.45, 7) is 0. The van der Waals surface area contributed by atoms with Crippen LogP contribution >= 0.6 is 0 Å². The smallest absolute Gasteiger partial charge is 0.242 e. The number of anilines is 4. The second kappa shape index (κ2) is 9.07. The molecule has 0 aliphatic carbocycles. The number of hydrogen-bond donors (Lipinski definition) is 6. The summed E-state index contributed by atoms with van der Waals surface area (Å²) >= 11 is 0. The lowest BCUT2D eigenvalue weighted by Crippen LogP contribution is -2.39. The van der Waals surface area contributed by atoms with Gasteiger partial charge in [-0.15, -0.1) is 0 Å². The van der Waals surface area contributed by atoms with E-state index in [-0.39, 0.29) is 36.1 Å². The van der Waals surface area contributed by atoms with Crippen molar-refractivity contribution in [1.82, 2.24) is 9.97 Å². The Morgan fingerprint density at radius 2 is 0.967 bits per heavy atom. The van der Waals surface area contributed by atoms with E-state index in [0.717, 1.165) is 0 Å². The van der Waals surface area contributed by atoms with Gasteiger partial charge in [0.05, 0.1) is 24.9 Å². The van der Waals surface area contributed by atoms with Gasteiger partial charge in [-0.25, -0.2) is 9.97 Å². The molecule has 0 saturated carbocycles. The van der Waals surface area contributed by atoms with Gasteiger partial charge in [0, 0.05) is 0 Å². The van der Waals surface area contributed by atoms with Crippen LogP contribution in [0.15, 0.2) is 36.4 Å². The molecule has 1 aliphatic rings. The Labute approximate surface area is 170 Å². The number of nitrogens with two attached hydrogens (primary N) is 2. The molecule has 4 amide bonds. The molecular formula is C18H20N8O4. The minimum atomic E-state index is -1.15. The van der Waals surface area contributed by atoms with E-state index in [9.17, 15) is 19.2 Å². The number of nitrogens with zero attached hydrogens (tertiary/aromatic N) is 2. The van der Waals surface area contributed by atoms with Crippen molar-refractivity contribution in [3.05, 3.63) is 36.4 Å². The molecule has 2 aromatic rings. The van der Waals surface area contributed by atoms with Gasteiger partial charge in [-0.1, -0.05) is 12.1 Å². The Kier molecular flexibility index (Phi) is 6.29. The zero-order valence-electron chi connectivity index (χ0n) is 15.7. The lowest BCUT2D eigenvalue weighted by atomic mass is 10.2. The third-order valence-corrected chi connectivity index (χ3v) is 4.02. The number of carbonyl (C=O) groups excluding carboxylic acids is 4. The van der Waals surface area contributed by atoms with E-state index in [2.05, 4.69) is 31.2 Å². The summed E-state index contributed by atoms with van der Waals surface area (Å²) in [7, 11) is 0. The van der Waals surface area contributed by atoms with E-state index >= 15 is 0 Å². The average Bonchev–Trinajstić information content (AvgIpc) is 2.67. The van der Waals surface area contributed by atoms with Crippen LogP contribution in [0.5, 0.6) is 0 Å². The van der Waals surface area contributed by atoms with Crippen LogP contribution in [0.1, 0.15) is 12.8 Å². The number of pyridine rings is 2. The second-order valence-electron chi connectivity index (χ2n) is 6.51. The Balaban J connectivity index is 1.86. The maximum Gasteiger partial charge on any atom is 0.242 e. The molecule has 0 saturated heterocycles. The molecule has 12 nitrogen and oxygen atoms in total. The van der Waals surface area contributed by atoms with Crippen molar-refractivity contribution >= 4 is 46.9 Å². The van der Waals surface area contributed by atoms with Crippen molar-refractivity contribution in [2.24, 2.45) is 11.5 Å². The number of fused-ring (bicyclic) bond motifs is 4. The molecule has 2 atom stereocenters. The van der Waals surface area contributed by atoms with Crippen LogP contribution in [0.3, 0.4) is 0 Å². The molecule has 4 bridgehead atoms. The van der Waals surface area contributed by atoms with Crippen LogP contribution in [0.2, 0.25) is 0 Å². The lowest BCUT2D eigenvalue weighted by molar-refractivity contribution is -0.122. The summed E-state index contributed by atoms with van der Waals surface area (Å²) in [5.74, 6) is -1.78. The van der Waals surface area contributed by atoms with E-state index in [1.807, 2.05) is 0 Å². The predicted octanol–water partition coefficient (Wildman–Crippen LogP) is -0.621. The number of rotatable bonds is 0. The van der Waals surface area contributed by atoms with E-state index in [1.54, 1.807) is 12.1 Å². The van der Waals surface area contributed by atoms with Crippen molar-refractivity contribution in [3.63, 3.8) is 0 Å². The largest absolute Gasteiger partial charge is 0.319 e. The molecule has 2 aromatic heterocycles. The Hall–Kier alpha value is -3.90. The quantitative estimate of drug-likeness (QED) is 0.329. The molecular weight excluding hydrogens is 392 g/mol. The van der Waals surface area contributed by atoms with E-state index in [0.29, 0.717) is 0 Å². The van der Waals surface area contributed by atoms with Crippen LogP contribution in [0.4, 0.5) is 23.3 Å². The van der Waals surface area contributed by atoms with Crippen molar-refractivity contribution in [1.29, 1.82) is 0 Å². The summed E-state index contributed by atoms with van der Waals surface area (Å²) in [5, 5.41) is 9.97. The Morgan fingerprint density at radius 3 is 1.33 bits per heavy atom. The van der Waals surface area contributed by atoms with Crippen molar-refractivity contribution in [2.75, 3.05) is 21.3 Å². The normalized spacial score (nSPS) is 20.7. The molecule has 0 fully saturated rings. The van der Waals surface area contributed by atoms with Gasteiger partial charge in [-0.2, -0.15) is 0 Å². The second-order valence-corrected chi connectivity index (χ2v) is 6.51. The Bertz CT molecular complexity index is 916. The van der Waals surface area contributed by atoms with Crippen LogP contribution < -0.4 is 32.7 Å². The monoisotopic (exact) mass is 412 g/mol. The average molecular weight is 412 g/mol. The number of hydrogen-bond acceptors (Lipinski definition) is 8.